The maximum atomic E-state index is 12.4. The summed E-state index contributed by atoms with van der Waals surface area (Å²) >= 11 is 0. The van der Waals surface area contributed by atoms with Crippen molar-refractivity contribution in [1.29, 1.82) is 0 Å². The van der Waals surface area contributed by atoms with Crippen LogP contribution in [0, 0.1) is 6.92 Å². The second-order valence-electron chi connectivity index (χ2n) is 4.77. The first-order valence-corrected chi connectivity index (χ1v) is 8.22. The molecule has 0 aliphatic carbocycles. The van der Waals surface area contributed by atoms with E-state index >= 15 is 0 Å². The van der Waals surface area contributed by atoms with Crippen LogP contribution in [0.25, 0.3) is 0 Å². The maximum Gasteiger partial charge on any atom is 0.241 e. The summed E-state index contributed by atoms with van der Waals surface area (Å²) < 4.78 is 37.6. The van der Waals surface area contributed by atoms with Crippen LogP contribution in [0.5, 0.6) is 11.5 Å². The third-order valence-electron chi connectivity index (χ3n) is 3.38. The van der Waals surface area contributed by atoms with Gasteiger partial charge in [-0.3, -0.25) is 0 Å². The molecule has 0 aliphatic heterocycles. The topological polar surface area (TPSA) is 64.6 Å². The molecule has 0 spiro atoms. The minimum atomic E-state index is -3.62. The van der Waals surface area contributed by atoms with Crippen molar-refractivity contribution < 1.29 is 17.9 Å². The average Bonchev–Trinajstić information content (AvgIpc) is 2.53. The molecule has 2 rings (SSSR count). The Morgan fingerprint density at radius 2 is 1.68 bits per heavy atom. The van der Waals surface area contributed by atoms with Gasteiger partial charge in [0.05, 0.1) is 19.1 Å². The standard InChI is InChI=1S/C16H19NO4S/c1-12-6-4-5-7-13(12)11-17-22(18,19)14-8-9-15(20-2)16(10-14)21-3/h4-10,17H,11H2,1-3H3. The number of nitrogens with one attached hydrogen (secondary N) is 1. The van der Waals surface area contributed by atoms with Crippen molar-refractivity contribution in [2.24, 2.45) is 0 Å². The van der Waals surface area contributed by atoms with Crippen LogP contribution < -0.4 is 14.2 Å². The van der Waals surface area contributed by atoms with Crippen molar-refractivity contribution in [2.75, 3.05) is 14.2 Å². The lowest BCUT2D eigenvalue weighted by atomic mass is 10.1. The maximum absolute atomic E-state index is 12.4. The average molecular weight is 321 g/mol. The Bertz CT molecular complexity index is 756. The number of sulfonamides is 1. The van der Waals surface area contributed by atoms with Crippen molar-refractivity contribution in [3.05, 3.63) is 53.6 Å². The number of rotatable bonds is 6. The summed E-state index contributed by atoms with van der Waals surface area (Å²) in [4.78, 5) is 0.138. The van der Waals surface area contributed by atoms with Gasteiger partial charge in [-0.05, 0) is 30.2 Å². The molecule has 2 aromatic carbocycles. The smallest absolute Gasteiger partial charge is 0.241 e. The van der Waals surface area contributed by atoms with Gasteiger partial charge in [0.25, 0.3) is 0 Å². The summed E-state index contributed by atoms with van der Waals surface area (Å²) in [5, 5.41) is 0. The summed E-state index contributed by atoms with van der Waals surface area (Å²) in [6.45, 7) is 2.18. The van der Waals surface area contributed by atoms with E-state index in [9.17, 15) is 8.42 Å². The Hall–Kier alpha value is -2.05. The molecule has 0 atom stereocenters. The minimum absolute atomic E-state index is 0.138. The molecule has 5 nitrogen and oxygen atoms in total. The molecule has 0 fully saturated rings. The van der Waals surface area contributed by atoms with Crippen LogP contribution in [-0.2, 0) is 16.6 Å². The van der Waals surface area contributed by atoms with Crippen LogP contribution >= 0.6 is 0 Å². The predicted molar refractivity (Wildman–Crippen MR) is 84.8 cm³/mol. The zero-order valence-electron chi connectivity index (χ0n) is 12.8. The number of benzene rings is 2. The highest BCUT2D eigenvalue weighted by atomic mass is 32.2. The summed E-state index contributed by atoms with van der Waals surface area (Å²) in [5.41, 5.74) is 1.98. The normalized spacial score (nSPS) is 11.2. The van der Waals surface area contributed by atoms with Crippen molar-refractivity contribution in [3.63, 3.8) is 0 Å². The van der Waals surface area contributed by atoms with Crippen molar-refractivity contribution in [3.8, 4) is 11.5 Å². The Labute approximate surface area is 130 Å². The third-order valence-corrected chi connectivity index (χ3v) is 4.78. The highest BCUT2D eigenvalue weighted by molar-refractivity contribution is 7.89. The lowest BCUT2D eigenvalue weighted by Gasteiger charge is -2.11. The molecule has 0 saturated heterocycles. The van der Waals surface area contributed by atoms with E-state index in [1.54, 1.807) is 6.07 Å². The molecule has 0 heterocycles. The Kier molecular flexibility index (Phi) is 5.05. The summed E-state index contributed by atoms with van der Waals surface area (Å²) in [6, 6.07) is 12.1. The SMILES string of the molecule is COc1ccc(S(=O)(=O)NCc2ccccc2C)cc1OC. The lowest BCUT2D eigenvalue weighted by Crippen LogP contribution is -2.23. The third kappa shape index (κ3) is 3.58. The highest BCUT2D eigenvalue weighted by Gasteiger charge is 2.17. The number of hydrogen-bond acceptors (Lipinski definition) is 4. The summed E-state index contributed by atoms with van der Waals surface area (Å²) in [6.07, 6.45) is 0. The zero-order valence-corrected chi connectivity index (χ0v) is 13.6. The van der Waals surface area contributed by atoms with Gasteiger partial charge < -0.3 is 9.47 Å². The Morgan fingerprint density at radius 1 is 1.00 bits per heavy atom. The van der Waals surface area contributed by atoms with E-state index in [0.29, 0.717) is 11.5 Å². The fourth-order valence-electron chi connectivity index (χ4n) is 2.05. The molecule has 0 aliphatic rings. The van der Waals surface area contributed by atoms with E-state index in [0.717, 1.165) is 11.1 Å². The second-order valence-corrected chi connectivity index (χ2v) is 6.53. The van der Waals surface area contributed by atoms with Gasteiger partial charge in [0.1, 0.15) is 0 Å². The molecule has 118 valence electrons. The van der Waals surface area contributed by atoms with Gasteiger partial charge in [-0.25, -0.2) is 13.1 Å². The molecule has 0 aromatic heterocycles. The molecular weight excluding hydrogens is 302 g/mol. The molecule has 0 bridgehead atoms. The van der Waals surface area contributed by atoms with E-state index < -0.39 is 10.0 Å². The van der Waals surface area contributed by atoms with Crippen LogP contribution in [0.1, 0.15) is 11.1 Å². The predicted octanol–water partition coefficient (Wildman–Crippen LogP) is 2.49. The van der Waals surface area contributed by atoms with E-state index in [2.05, 4.69) is 4.72 Å². The molecule has 2 aromatic rings. The van der Waals surface area contributed by atoms with Crippen molar-refractivity contribution in [1.82, 2.24) is 4.72 Å². The molecule has 0 unspecified atom stereocenters. The first kappa shape index (κ1) is 16.3. The van der Waals surface area contributed by atoms with E-state index in [1.165, 1.54) is 26.4 Å². The fourth-order valence-corrected chi connectivity index (χ4v) is 3.07. The van der Waals surface area contributed by atoms with E-state index in [4.69, 9.17) is 9.47 Å². The van der Waals surface area contributed by atoms with Crippen molar-refractivity contribution in [2.45, 2.75) is 18.4 Å². The lowest BCUT2D eigenvalue weighted by molar-refractivity contribution is 0.354. The molecule has 0 amide bonds. The summed E-state index contributed by atoms with van der Waals surface area (Å²) in [5.74, 6) is 0.863. The number of methoxy groups -OCH3 is 2. The van der Waals surface area contributed by atoms with Crippen LogP contribution in [0.15, 0.2) is 47.4 Å². The van der Waals surface area contributed by atoms with Gasteiger partial charge >= 0.3 is 0 Å². The van der Waals surface area contributed by atoms with E-state index in [1.807, 2.05) is 31.2 Å². The Morgan fingerprint density at radius 3 is 2.32 bits per heavy atom. The quantitative estimate of drug-likeness (QED) is 0.888. The van der Waals surface area contributed by atoms with Crippen LogP contribution in [0.2, 0.25) is 0 Å². The van der Waals surface area contributed by atoms with Gasteiger partial charge in [-0.1, -0.05) is 24.3 Å². The second kappa shape index (κ2) is 6.81. The summed E-state index contributed by atoms with van der Waals surface area (Å²) in [7, 11) is -0.649. The van der Waals surface area contributed by atoms with E-state index in [-0.39, 0.29) is 11.4 Å². The van der Waals surface area contributed by atoms with Gasteiger partial charge in [-0.15, -0.1) is 0 Å². The monoisotopic (exact) mass is 321 g/mol. The molecule has 22 heavy (non-hydrogen) atoms. The number of aryl methyl sites for hydroxylation is 1. The number of ether oxygens (including phenoxy) is 2. The van der Waals surface area contributed by atoms with Crippen molar-refractivity contribution >= 4 is 10.0 Å². The van der Waals surface area contributed by atoms with Gasteiger partial charge in [-0.2, -0.15) is 0 Å². The molecule has 0 radical (unpaired) electrons. The minimum Gasteiger partial charge on any atom is -0.493 e. The largest absolute Gasteiger partial charge is 0.493 e. The molecule has 0 saturated carbocycles. The first-order chi connectivity index (χ1) is 10.5. The molecule has 1 N–H and O–H groups in total. The fraction of sp³-hybridized carbons (Fsp3) is 0.250. The number of hydrogen-bond donors (Lipinski definition) is 1. The van der Waals surface area contributed by atoms with Gasteiger partial charge in [0.15, 0.2) is 11.5 Å². The first-order valence-electron chi connectivity index (χ1n) is 6.74. The Balaban J connectivity index is 2.22. The van der Waals surface area contributed by atoms with Crippen LogP contribution in [0.3, 0.4) is 0 Å². The van der Waals surface area contributed by atoms with Crippen LogP contribution in [0.4, 0.5) is 0 Å². The molecular formula is C16H19NO4S. The highest BCUT2D eigenvalue weighted by Crippen LogP contribution is 2.29. The van der Waals surface area contributed by atoms with Crippen LogP contribution in [-0.4, -0.2) is 22.6 Å². The van der Waals surface area contributed by atoms with Gasteiger partial charge in [0, 0.05) is 12.6 Å². The van der Waals surface area contributed by atoms with Gasteiger partial charge in [0.2, 0.25) is 10.0 Å². The molecule has 6 heteroatoms. The zero-order chi connectivity index (χ0) is 16.2.